The van der Waals surface area contributed by atoms with E-state index in [2.05, 4.69) is 42.9 Å². The topological polar surface area (TPSA) is 9.23 Å². The van der Waals surface area contributed by atoms with Gasteiger partial charge in [0.2, 0.25) is 0 Å². The SMILES string of the molecule is C[SiH](C)C(C)(C)COCc1cc(F)ccc1Br. The molecule has 0 saturated carbocycles. The van der Waals surface area contributed by atoms with Crippen molar-refractivity contribution in [2.75, 3.05) is 6.61 Å². The van der Waals surface area contributed by atoms with Crippen LogP contribution in [0.5, 0.6) is 0 Å². The van der Waals surface area contributed by atoms with Crippen LogP contribution in [-0.4, -0.2) is 15.4 Å². The molecule has 0 spiro atoms. The molecule has 0 bridgehead atoms. The van der Waals surface area contributed by atoms with Crippen LogP contribution in [0.1, 0.15) is 19.4 Å². The summed E-state index contributed by atoms with van der Waals surface area (Å²) in [7, 11) is -0.738. The Labute approximate surface area is 113 Å². The maximum atomic E-state index is 13.1. The molecule has 1 rings (SSSR count). The first kappa shape index (κ1) is 14.9. The molecule has 0 N–H and O–H groups in total. The van der Waals surface area contributed by atoms with Crippen molar-refractivity contribution >= 4 is 24.7 Å². The Balaban J connectivity index is 2.54. The Hall–Kier alpha value is -0.193. The summed E-state index contributed by atoms with van der Waals surface area (Å²) in [5.74, 6) is -0.218. The van der Waals surface area contributed by atoms with Gasteiger partial charge in [-0.05, 0) is 28.8 Å². The van der Waals surface area contributed by atoms with E-state index in [0.717, 1.165) is 16.6 Å². The average Bonchev–Trinajstić information content (AvgIpc) is 2.22. The molecule has 0 heterocycles. The molecule has 1 aromatic rings. The van der Waals surface area contributed by atoms with Crippen LogP contribution >= 0.6 is 15.9 Å². The van der Waals surface area contributed by atoms with Crippen molar-refractivity contribution in [1.82, 2.24) is 0 Å². The number of ether oxygens (including phenoxy) is 1. The number of halogens is 2. The standard InChI is InChI=1S/C13H20BrFOSi/c1-13(2,17(3)4)9-16-8-10-7-11(15)5-6-12(10)14/h5-7,17H,8-9H2,1-4H3. The molecule has 1 nitrogen and oxygen atoms in total. The molecule has 0 aliphatic rings. The first-order valence-electron chi connectivity index (χ1n) is 5.84. The highest BCUT2D eigenvalue weighted by molar-refractivity contribution is 9.10. The van der Waals surface area contributed by atoms with Gasteiger partial charge in [-0.25, -0.2) is 4.39 Å². The molecule has 0 aliphatic carbocycles. The summed E-state index contributed by atoms with van der Waals surface area (Å²) >= 11 is 3.40. The number of rotatable bonds is 5. The number of hydrogen-bond donors (Lipinski definition) is 0. The van der Waals surface area contributed by atoms with Gasteiger partial charge < -0.3 is 4.74 Å². The molecule has 17 heavy (non-hydrogen) atoms. The van der Waals surface area contributed by atoms with Gasteiger partial charge >= 0.3 is 0 Å². The molecule has 0 unspecified atom stereocenters. The Morgan fingerprint density at radius 3 is 2.59 bits per heavy atom. The van der Waals surface area contributed by atoms with Gasteiger partial charge in [0.25, 0.3) is 0 Å². The zero-order valence-electron chi connectivity index (χ0n) is 10.9. The second-order valence-electron chi connectivity index (χ2n) is 5.37. The molecular formula is C13H20BrFOSi. The van der Waals surface area contributed by atoms with E-state index in [1.165, 1.54) is 12.1 Å². The highest BCUT2D eigenvalue weighted by Gasteiger charge is 2.23. The molecular weight excluding hydrogens is 299 g/mol. The highest BCUT2D eigenvalue weighted by atomic mass is 79.9. The van der Waals surface area contributed by atoms with Gasteiger partial charge in [0.05, 0.1) is 6.61 Å². The van der Waals surface area contributed by atoms with Gasteiger partial charge in [-0.2, -0.15) is 0 Å². The average molecular weight is 319 g/mol. The summed E-state index contributed by atoms with van der Waals surface area (Å²) in [4.78, 5) is 0. The smallest absolute Gasteiger partial charge is 0.123 e. The molecule has 4 heteroatoms. The Morgan fingerprint density at radius 1 is 1.35 bits per heavy atom. The molecule has 0 radical (unpaired) electrons. The minimum absolute atomic E-state index is 0.218. The molecule has 0 saturated heterocycles. The quantitative estimate of drug-likeness (QED) is 0.732. The lowest BCUT2D eigenvalue weighted by Gasteiger charge is -2.28. The van der Waals surface area contributed by atoms with Crippen LogP contribution in [0, 0.1) is 5.82 Å². The van der Waals surface area contributed by atoms with Crippen LogP contribution in [0.15, 0.2) is 22.7 Å². The fraction of sp³-hybridized carbons (Fsp3) is 0.538. The molecule has 0 fully saturated rings. The van der Waals surface area contributed by atoms with Gasteiger partial charge in [0.15, 0.2) is 0 Å². The van der Waals surface area contributed by atoms with E-state index in [-0.39, 0.29) is 10.9 Å². The van der Waals surface area contributed by atoms with E-state index in [1.807, 2.05) is 0 Å². The summed E-state index contributed by atoms with van der Waals surface area (Å²) in [6.07, 6.45) is 0. The first-order valence-corrected chi connectivity index (χ1v) is 9.52. The Kier molecular flexibility index (Phi) is 5.35. The fourth-order valence-electron chi connectivity index (χ4n) is 1.24. The summed E-state index contributed by atoms with van der Waals surface area (Å²) in [5, 5.41) is 0.278. The van der Waals surface area contributed by atoms with Gasteiger partial charge in [-0.15, -0.1) is 0 Å². The lowest BCUT2D eigenvalue weighted by atomic mass is 10.2. The van der Waals surface area contributed by atoms with Gasteiger partial charge in [0.1, 0.15) is 5.82 Å². The van der Waals surface area contributed by atoms with E-state index >= 15 is 0 Å². The molecule has 0 atom stereocenters. The van der Waals surface area contributed by atoms with Crippen LogP contribution in [0.3, 0.4) is 0 Å². The second-order valence-corrected chi connectivity index (χ2v) is 10.1. The second kappa shape index (κ2) is 6.11. The maximum absolute atomic E-state index is 13.1. The van der Waals surface area contributed by atoms with Gasteiger partial charge in [-0.3, -0.25) is 0 Å². The fourth-order valence-corrected chi connectivity index (χ4v) is 2.06. The summed E-state index contributed by atoms with van der Waals surface area (Å²) in [6.45, 7) is 10.3. The first-order chi connectivity index (χ1) is 7.83. The molecule has 96 valence electrons. The van der Waals surface area contributed by atoms with Gasteiger partial charge in [-0.1, -0.05) is 42.9 Å². The van der Waals surface area contributed by atoms with Crippen molar-refractivity contribution in [3.8, 4) is 0 Å². The van der Waals surface area contributed by atoms with Crippen LogP contribution in [-0.2, 0) is 11.3 Å². The van der Waals surface area contributed by atoms with E-state index < -0.39 is 8.80 Å². The number of benzene rings is 1. The van der Waals surface area contributed by atoms with Gasteiger partial charge in [0, 0.05) is 19.9 Å². The van der Waals surface area contributed by atoms with Crippen LogP contribution in [0.4, 0.5) is 4.39 Å². The minimum Gasteiger partial charge on any atom is -0.376 e. The van der Waals surface area contributed by atoms with E-state index in [0.29, 0.717) is 6.61 Å². The predicted molar refractivity (Wildman–Crippen MR) is 76.7 cm³/mol. The Morgan fingerprint density at radius 2 is 2.00 bits per heavy atom. The Bertz CT molecular complexity index is 380. The van der Waals surface area contributed by atoms with Crippen molar-refractivity contribution in [1.29, 1.82) is 0 Å². The van der Waals surface area contributed by atoms with Crippen molar-refractivity contribution in [2.45, 2.75) is 38.6 Å². The molecule has 1 aromatic carbocycles. The summed E-state index contributed by atoms with van der Waals surface area (Å²) < 4.78 is 19.7. The van der Waals surface area contributed by atoms with Crippen molar-refractivity contribution in [2.24, 2.45) is 0 Å². The third-order valence-electron chi connectivity index (χ3n) is 3.30. The minimum atomic E-state index is -0.738. The van der Waals surface area contributed by atoms with Crippen LogP contribution in [0.2, 0.25) is 18.1 Å². The van der Waals surface area contributed by atoms with Crippen LogP contribution < -0.4 is 0 Å². The predicted octanol–water partition coefficient (Wildman–Crippen LogP) is 4.37. The molecule has 0 amide bonds. The lowest BCUT2D eigenvalue weighted by Crippen LogP contribution is -2.26. The third-order valence-corrected chi connectivity index (χ3v) is 7.37. The normalized spacial score (nSPS) is 12.2. The van der Waals surface area contributed by atoms with Crippen molar-refractivity contribution < 1.29 is 9.13 Å². The van der Waals surface area contributed by atoms with Crippen molar-refractivity contribution in [3.05, 3.63) is 34.1 Å². The third kappa shape index (κ3) is 4.52. The van der Waals surface area contributed by atoms with E-state index in [9.17, 15) is 4.39 Å². The monoisotopic (exact) mass is 318 g/mol. The van der Waals surface area contributed by atoms with E-state index in [4.69, 9.17) is 4.74 Å². The zero-order chi connectivity index (χ0) is 13.1. The maximum Gasteiger partial charge on any atom is 0.123 e. The summed E-state index contributed by atoms with van der Waals surface area (Å²) in [5.41, 5.74) is 0.867. The molecule has 0 aromatic heterocycles. The van der Waals surface area contributed by atoms with Crippen LogP contribution in [0.25, 0.3) is 0 Å². The summed E-state index contributed by atoms with van der Waals surface area (Å²) in [6, 6.07) is 4.68. The lowest BCUT2D eigenvalue weighted by molar-refractivity contribution is 0.100. The van der Waals surface area contributed by atoms with Crippen molar-refractivity contribution in [3.63, 3.8) is 0 Å². The molecule has 0 aliphatic heterocycles. The number of hydrogen-bond acceptors (Lipinski definition) is 1. The largest absolute Gasteiger partial charge is 0.376 e. The van der Waals surface area contributed by atoms with E-state index in [1.54, 1.807) is 6.07 Å². The zero-order valence-corrected chi connectivity index (χ0v) is 13.6. The highest BCUT2D eigenvalue weighted by Crippen LogP contribution is 2.29.